The van der Waals surface area contributed by atoms with Gasteiger partial charge in [-0.25, -0.2) is 8.78 Å². The van der Waals surface area contributed by atoms with E-state index in [9.17, 15) is 18.9 Å². The zero-order valence-electron chi connectivity index (χ0n) is 10.3. The SMILES string of the molecule is NCC1CCN(c2ccc([N+](=O)[O-])cc2C(F)F)C1. The van der Waals surface area contributed by atoms with Crippen LogP contribution in [0.5, 0.6) is 0 Å². The molecule has 1 aromatic carbocycles. The highest BCUT2D eigenvalue weighted by Gasteiger charge is 2.26. The van der Waals surface area contributed by atoms with Gasteiger partial charge in [0.2, 0.25) is 0 Å². The van der Waals surface area contributed by atoms with E-state index < -0.39 is 11.3 Å². The van der Waals surface area contributed by atoms with E-state index >= 15 is 0 Å². The molecule has 0 aliphatic carbocycles. The van der Waals surface area contributed by atoms with Crippen LogP contribution in [0.25, 0.3) is 0 Å². The second-order valence-electron chi connectivity index (χ2n) is 4.64. The fourth-order valence-corrected chi connectivity index (χ4v) is 2.36. The Hall–Kier alpha value is -1.76. The zero-order chi connectivity index (χ0) is 14.0. The largest absolute Gasteiger partial charge is 0.371 e. The molecule has 5 nitrogen and oxygen atoms in total. The second kappa shape index (κ2) is 5.48. The second-order valence-corrected chi connectivity index (χ2v) is 4.64. The smallest absolute Gasteiger partial charge is 0.270 e. The summed E-state index contributed by atoms with van der Waals surface area (Å²) in [6.07, 6.45) is -1.87. The average Bonchev–Trinajstić information content (AvgIpc) is 2.86. The first-order valence-corrected chi connectivity index (χ1v) is 6.04. The van der Waals surface area contributed by atoms with Crippen molar-refractivity contribution in [2.45, 2.75) is 12.8 Å². The molecule has 1 aromatic rings. The van der Waals surface area contributed by atoms with Gasteiger partial charge in [-0.05, 0) is 24.9 Å². The number of nitrogens with zero attached hydrogens (tertiary/aromatic N) is 2. The molecular formula is C12H15F2N3O2. The number of halogens is 2. The molecule has 0 bridgehead atoms. The summed E-state index contributed by atoms with van der Waals surface area (Å²) in [5.74, 6) is 0.292. The molecule has 0 amide bonds. The van der Waals surface area contributed by atoms with E-state index in [1.54, 1.807) is 0 Å². The van der Waals surface area contributed by atoms with Crippen molar-refractivity contribution in [3.05, 3.63) is 33.9 Å². The summed E-state index contributed by atoms with van der Waals surface area (Å²) >= 11 is 0. The normalized spacial score (nSPS) is 19.2. The van der Waals surface area contributed by atoms with Crippen LogP contribution in [0.2, 0.25) is 0 Å². The molecule has 0 saturated carbocycles. The Morgan fingerprint density at radius 2 is 2.26 bits per heavy atom. The van der Waals surface area contributed by atoms with Gasteiger partial charge in [0.25, 0.3) is 12.1 Å². The van der Waals surface area contributed by atoms with E-state index in [1.165, 1.54) is 12.1 Å². The Balaban J connectivity index is 2.32. The van der Waals surface area contributed by atoms with Crippen molar-refractivity contribution in [1.29, 1.82) is 0 Å². The van der Waals surface area contributed by atoms with E-state index in [0.717, 1.165) is 12.5 Å². The maximum Gasteiger partial charge on any atom is 0.270 e. The van der Waals surface area contributed by atoms with Crippen LogP contribution in [0.1, 0.15) is 18.4 Å². The molecule has 1 heterocycles. The number of hydrogen-bond donors (Lipinski definition) is 1. The minimum atomic E-state index is -2.73. The summed E-state index contributed by atoms with van der Waals surface area (Å²) in [5.41, 5.74) is 5.35. The standard InChI is InChI=1S/C12H15F2N3O2/c13-12(14)10-5-9(17(18)19)1-2-11(10)16-4-3-8(6-15)7-16/h1-2,5,8,12H,3-4,6-7,15H2. The van der Waals surface area contributed by atoms with Gasteiger partial charge in [-0.3, -0.25) is 10.1 Å². The molecule has 1 unspecified atom stereocenters. The third-order valence-corrected chi connectivity index (χ3v) is 3.42. The third kappa shape index (κ3) is 2.81. The predicted molar refractivity (Wildman–Crippen MR) is 67.4 cm³/mol. The lowest BCUT2D eigenvalue weighted by Gasteiger charge is -2.21. The van der Waals surface area contributed by atoms with E-state index in [0.29, 0.717) is 31.2 Å². The minimum Gasteiger partial charge on any atom is -0.371 e. The predicted octanol–water partition coefficient (Wildman–Crippen LogP) is 2.32. The highest BCUT2D eigenvalue weighted by atomic mass is 19.3. The molecule has 0 aromatic heterocycles. The highest BCUT2D eigenvalue weighted by molar-refractivity contribution is 5.59. The molecular weight excluding hydrogens is 256 g/mol. The molecule has 104 valence electrons. The summed E-state index contributed by atoms with van der Waals surface area (Å²) in [5, 5.41) is 10.6. The number of alkyl halides is 2. The number of anilines is 1. The molecule has 0 radical (unpaired) electrons. The van der Waals surface area contributed by atoms with Gasteiger partial charge in [-0.2, -0.15) is 0 Å². The maximum absolute atomic E-state index is 13.0. The quantitative estimate of drug-likeness (QED) is 0.673. The number of nitrogens with two attached hydrogens (primary N) is 1. The topological polar surface area (TPSA) is 72.4 Å². The van der Waals surface area contributed by atoms with E-state index in [1.807, 2.05) is 4.90 Å². The molecule has 1 saturated heterocycles. The van der Waals surface area contributed by atoms with Gasteiger partial charge in [0.15, 0.2) is 0 Å². The van der Waals surface area contributed by atoms with Crippen molar-refractivity contribution in [1.82, 2.24) is 0 Å². The first-order valence-electron chi connectivity index (χ1n) is 6.04. The first kappa shape index (κ1) is 13.7. The Kier molecular flexibility index (Phi) is 3.94. The van der Waals surface area contributed by atoms with Crippen molar-refractivity contribution < 1.29 is 13.7 Å². The summed E-state index contributed by atoms with van der Waals surface area (Å²) < 4.78 is 26.1. The maximum atomic E-state index is 13.0. The van der Waals surface area contributed by atoms with E-state index in [-0.39, 0.29) is 11.3 Å². The fourth-order valence-electron chi connectivity index (χ4n) is 2.36. The van der Waals surface area contributed by atoms with Gasteiger partial charge in [0, 0.05) is 36.5 Å². The average molecular weight is 271 g/mol. The lowest BCUT2D eigenvalue weighted by Crippen LogP contribution is -2.23. The number of rotatable bonds is 4. The molecule has 2 rings (SSSR count). The molecule has 1 fully saturated rings. The molecule has 0 spiro atoms. The Labute approximate surface area is 109 Å². The van der Waals surface area contributed by atoms with Crippen LogP contribution in [0, 0.1) is 16.0 Å². The van der Waals surface area contributed by atoms with Crippen molar-refractivity contribution in [3.63, 3.8) is 0 Å². The van der Waals surface area contributed by atoms with Gasteiger partial charge in [-0.1, -0.05) is 0 Å². The van der Waals surface area contributed by atoms with Crippen LogP contribution in [0.15, 0.2) is 18.2 Å². The number of nitro groups is 1. The lowest BCUT2D eigenvalue weighted by atomic mass is 10.1. The Bertz CT molecular complexity index is 482. The monoisotopic (exact) mass is 271 g/mol. The van der Waals surface area contributed by atoms with Gasteiger partial charge >= 0.3 is 0 Å². The fraction of sp³-hybridized carbons (Fsp3) is 0.500. The van der Waals surface area contributed by atoms with Gasteiger partial charge in [0.05, 0.1) is 4.92 Å². The summed E-state index contributed by atoms with van der Waals surface area (Å²) in [4.78, 5) is 11.8. The first-order chi connectivity index (χ1) is 9.02. The summed E-state index contributed by atoms with van der Waals surface area (Å²) in [6.45, 7) is 1.79. The molecule has 1 aliphatic heterocycles. The van der Waals surface area contributed by atoms with Crippen LogP contribution >= 0.6 is 0 Å². The number of nitro benzene ring substituents is 1. The highest BCUT2D eigenvalue weighted by Crippen LogP contribution is 2.35. The molecule has 2 N–H and O–H groups in total. The van der Waals surface area contributed by atoms with Crippen molar-refractivity contribution in [3.8, 4) is 0 Å². The number of non-ortho nitro benzene ring substituents is 1. The van der Waals surface area contributed by atoms with Gasteiger partial charge in [0.1, 0.15) is 0 Å². The lowest BCUT2D eigenvalue weighted by molar-refractivity contribution is -0.385. The van der Waals surface area contributed by atoms with Crippen molar-refractivity contribution in [2.75, 3.05) is 24.5 Å². The van der Waals surface area contributed by atoms with Crippen LogP contribution in [0.4, 0.5) is 20.2 Å². The van der Waals surface area contributed by atoms with Crippen LogP contribution in [0.3, 0.4) is 0 Å². The number of benzene rings is 1. The molecule has 7 heteroatoms. The molecule has 1 atom stereocenters. The van der Waals surface area contributed by atoms with E-state index in [4.69, 9.17) is 5.73 Å². The summed E-state index contributed by atoms with van der Waals surface area (Å²) in [6, 6.07) is 3.62. The molecule has 1 aliphatic rings. The minimum absolute atomic E-state index is 0.285. The van der Waals surface area contributed by atoms with Gasteiger partial charge in [-0.15, -0.1) is 0 Å². The Morgan fingerprint density at radius 1 is 1.53 bits per heavy atom. The van der Waals surface area contributed by atoms with E-state index in [2.05, 4.69) is 0 Å². The molecule has 19 heavy (non-hydrogen) atoms. The third-order valence-electron chi connectivity index (χ3n) is 3.42. The van der Waals surface area contributed by atoms with Crippen molar-refractivity contribution in [2.24, 2.45) is 11.7 Å². The van der Waals surface area contributed by atoms with Crippen molar-refractivity contribution >= 4 is 11.4 Å². The van der Waals surface area contributed by atoms with Crippen LogP contribution in [-0.2, 0) is 0 Å². The van der Waals surface area contributed by atoms with Crippen LogP contribution in [-0.4, -0.2) is 24.6 Å². The van der Waals surface area contributed by atoms with Gasteiger partial charge < -0.3 is 10.6 Å². The summed E-state index contributed by atoms with van der Waals surface area (Å²) in [7, 11) is 0. The number of hydrogen-bond acceptors (Lipinski definition) is 4. The Morgan fingerprint density at radius 3 is 2.79 bits per heavy atom. The zero-order valence-corrected chi connectivity index (χ0v) is 10.3. The van der Waals surface area contributed by atoms with Crippen LogP contribution < -0.4 is 10.6 Å².